The quantitative estimate of drug-likeness (QED) is 0.197. The maximum absolute atomic E-state index is 5.11. The van der Waals surface area contributed by atoms with Gasteiger partial charge in [0, 0.05) is 39.3 Å². The number of fused-ring (bicyclic) bond motifs is 4. The molecule has 10 rings (SSSR count). The van der Waals surface area contributed by atoms with Crippen LogP contribution >= 0.6 is 0 Å². The van der Waals surface area contributed by atoms with E-state index in [0.29, 0.717) is 11.6 Å². The molecule has 2 heterocycles. The lowest BCUT2D eigenvalue weighted by Gasteiger charge is -2.27. The van der Waals surface area contributed by atoms with Crippen LogP contribution in [0.15, 0.2) is 127 Å². The van der Waals surface area contributed by atoms with E-state index in [0.717, 1.165) is 41.8 Å². The highest BCUT2D eigenvalue weighted by atomic mass is 15.1. The lowest BCUT2D eigenvalue weighted by atomic mass is 9.80. The van der Waals surface area contributed by atoms with Crippen molar-refractivity contribution < 1.29 is 0 Å². The molecular formula is C44H34N4. The van der Waals surface area contributed by atoms with E-state index in [1.165, 1.54) is 55.2 Å². The maximum Gasteiger partial charge on any atom is 0.164 e. The van der Waals surface area contributed by atoms with Crippen LogP contribution in [0, 0.1) is 0 Å². The molecule has 0 radical (unpaired) electrons. The predicted molar refractivity (Wildman–Crippen MR) is 196 cm³/mol. The minimum atomic E-state index is -0.116. The van der Waals surface area contributed by atoms with Gasteiger partial charge in [-0.05, 0) is 57.9 Å². The fraction of sp³-hybridized carbons (Fsp3) is 0.159. The third-order valence-electron chi connectivity index (χ3n) is 10.8. The number of rotatable bonds is 4. The van der Waals surface area contributed by atoms with Crippen molar-refractivity contribution in [1.29, 1.82) is 0 Å². The molecule has 48 heavy (non-hydrogen) atoms. The van der Waals surface area contributed by atoms with Gasteiger partial charge in [-0.2, -0.15) is 0 Å². The van der Waals surface area contributed by atoms with Gasteiger partial charge < -0.3 is 4.57 Å². The fourth-order valence-corrected chi connectivity index (χ4v) is 8.66. The van der Waals surface area contributed by atoms with E-state index in [1.807, 2.05) is 36.4 Å². The van der Waals surface area contributed by atoms with Crippen molar-refractivity contribution >= 4 is 27.4 Å². The first-order chi connectivity index (χ1) is 23.6. The smallest absolute Gasteiger partial charge is 0.164 e. The molecule has 2 aromatic heterocycles. The monoisotopic (exact) mass is 618 g/mol. The summed E-state index contributed by atoms with van der Waals surface area (Å²) in [6.07, 6.45) is 9.72. The van der Waals surface area contributed by atoms with Crippen molar-refractivity contribution in [2.24, 2.45) is 0 Å². The van der Waals surface area contributed by atoms with Crippen LogP contribution in [0.25, 0.3) is 61.3 Å². The largest absolute Gasteiger partial charge is 0.333 e. The van der Waals surface area contributed by atoms with Gasteiger partial charge >= 0.3 is 0 Å². The zero-order chi connectivity index (χ0) is 32.0. The Balaban J connectivity index is 1.17. The first-order valence-corrected chi connectivity index (χ1v) is 17.0. The lowest BCUT2D eigenvalue weighted by Crippen LogP contribution is -2.18. The van der Waals surface area contributed by atoms with Crippen LogP contribution in [-0.4, -0.2) is 19.5 Å². The van der Waals surface area contributed by atoms with Crippen molar-refractivity contribution in [3.63, 3.8) is 0 Å². The Morgan fingerprint density at radius 3 is 2.06 bits per heavy atom. The normalized spacial score (nSPS) is 17.1. The standard InChI is InChI=1S/C44H34N4/c1-44(2)35-21-10-9-20-33(35)34-26-30-24-23-27-17-12-22-36-37(27)38(30)40(39(34)44)48(36)32-19-11-18-31(25-32)43-46-41(28-13-5-3-6-14-28)45-42(47-43)29-15-7-4-8-16-29/h3-22,26,32H,23-25H2,1-2H3. The van der Waals surface area contributed by atoms with Crippen LogP contribution in [0.3, 0.4) is 0 Å². The molecule has 0 amide bonds. The number of benzene rings is 5. The Morgan fingerprint density at radius 1 is 0.646 bits per heavy atom. The lowest BCUT2D eigenvalue weighted by molar-refractivity contribution is 0.631. The molecule has 0 fully saturated rings. The van der Waals surface area contributed by atoms with Crippen molar-refractivity contribution in [3.8, 4) is 33.9 Å². The second-order valence-corrected chi connectivity index (χ2v) is 13.9. The van der Waals surface area contributed by atoms with Crippen LogP contribution in [0.4, 0.5) is 0 Å². The molecular weight excluding hydrogens is 585 g/mol. The molecule has 0 saturated heterocycles. The second kappa shape index (κ2) is 10.2. The van der Waals surface area contributed by atoms with E-state index in [2.05, 4.69) is 109 Å². The van der Waals surface area contributed by atoms with Crippen LogP contribution in [0.2, 0.25) is 0 Å². The van der Waals surface area contributed by atoms with Gasteiger partial charge in [0.1, 0.15) is 0 Å². The van der Waals surface area contributed by atoms with E-state index >= 15 is 0 Å². The van der Waals surface area contributed by atoms with E-state index in [-0.39, 0.29) is 11.5 Å². The minimum Gasteiger partial charge on any atom is -0.333 e. The van der Waals surface area contributed by atoms with Gasteiger partial charge in [0.2, 0.25) is 0 Å². The molecule has 7 aromatic rings. The molecule has 0 spiro atoms. The van der Waals surface area contributed by atoms with Gasteiger partial charge in [-0.25, -0.2) is 15.0 Å². The van der Waals surface area contributed by atoms with Gasteiger partial charge in [-0.3, -0.25) is 0 Å². The molecule has 0 saturated carbocycles. The molecule has 4 nitrogen and oxygen atoms in total. The molecule has 4 heteroatoms. The van der Waals surface area contributed by atoms with Gasteiger partial charge in [0.15, 0.2) is 17.5 Å². The Bertz CT molecular complexity index is 2440. The van der Waals surface area contributed by atoms with Gasteiger partial charge in [-0.15, -0.1) is 0 Å². The third kappa shape index (κ3) is 3.92. The number of hydrogen-bond donors (Lipinski definition) is 0. The van der Waals surface area contributed by atoms with Crippen LogP contribution in [-0.2, 0) is 18.3 Å². The van der Waals surface area contributed by atoms with Gasteiger partial charge in [0.25, 0.3) is 0 Å². The maximum atomic E-state index is 5.11. The van der Waals surface area contributed by atoms with E-state index in [1.54, 1.807) is 0 Å². The highest BCUT2D eigenvalue weighted by Crippen LogP contribution is 2.55. The zero-order valence-electron chi connectivity index (χ0n) is 27.1. The van der Waals surface area contributed by atoms with Crippen molar-refractivity contribution in [3.05, 3.63) is 156 Å². The Hall–Kier alpha value is -5.61. The summed E-state index contributed by atoms with van der Waals surface area (Å²) >= 11 is 0. The highest BCUT2D eigenvalue weighted by Gasteiger charge is 2.40. The summed E-state index contributed by atoms with van der Waals surface area (Å²) in [5, 5.41) is 2.89. The predicted octanol–water partition coefficient (Wildman–Crippen LogP) is 10.3. The van der Waals surface area contributed by atoms with Crippen molar-refractivity contribution in [2.45, 2.75) is 44.6 Å². The molecule has 1 unspecified atom stereocenters. The van der Waals surface area contributed by atoms with E-state index < -0.39 is 0 Å². The third-order valence-corrected chi connectivity index (χ3v) is 10.8. The summed E-state index contributed by atoms with van der Waals surface area (Å²) in [5.41, 5.74) is 14.3. The van der Waals surface area contributed by atoms with E-state index in [9.17, 15) is 0 Å². The van der Waals surface area contributed by atoms with Crippen molar-refractivity contribution in [2.75, 3.05) is 0 Å². The Kier molecular flexibility index (Phi) is 5.84. The van der Waals surface area contributed by atoms with E-state index in [4.69, 9.17) is 15.0 Å². The first kappa shape index (κ1) is 27.5. The topological polar surface area (TPSA) is 43.6 Å². The fourth-order valence-electron chi connectivity index (χ4n) is 8.66. The zero-order valence-corrected chi connectivity index (χ0v) is 27.1. The molecule has 0 aliphatic heterocycles. The summed E-state index contributed by atoms with van der Waals surface area (Å²) in [5.74, 6) is 2.13. The SMILES string of the molecule is CC1(C)c2ccccc2-c2cc3c4c5c(cccc5n(C5C=CC=C(c6nc(-c7ccccc7)nc(-c7ccccc7)n6)C5)c4c21)CC3. The molecule has 0 bridgehead atoms. The Labute approximate surface area is 280 Å². The number of nitrogens with zero attached hydrogens (tertiary/aromatic N) is 4. The number of hydrogen-bond acceptors (Lipinski definition) is 3. The molecule has 3 aliphatic carbocycles. The summed E-state index contributed by atoms with van der Waals surface area (Å²) in [7, 11) is 0. The number of aromatic nitrogens is 4. The van der Waals surface area contributed by atoms with Crippen molar-refractivity contribution in [1.82, 2.24) is 19.5 Å². The van der Waals surface area contributed by atoms with Crippen LogP contribution < -0.4 is 0 Å². The molecule has 1 atom stereocenters. The molecule has 5 aromatic carbocycles. The summed E-state index contributed by atoms with van der Waals surface area (Å²) in [6, 6.07) is 39.1. The van der Waals surface area contributed by atoms with Crippen LogP contribution in [0.5, 0.6) is 0 Å². The van der Waals surface area contributed by atoms with Gasteiger partial charge in [-0.1, -0.05) is 135 Å². The number of aryl methyl sites for hydroxylation is 2. The minimum absolute atomic E-state index is 0.106. The summed E-state index contributed by atoms with van der Waals surface area (Å²) in [4.78, 5) is 15.2. The van der Waals surface area contributed by atoms with Crippen LogP contribution in [0.1, 0.15) is 54.4 Å². The first-order valence-electron chi connectivity index (χ1n) is 17.0. The van der Waals surface area contributed by atoms with Gasteiger partial charge in [0.05, 0.1) is 11.6 Å². The highest BCUT2D eigenvalue weighted by molar-refractivity contribution is 6.16. The molecule has 0 N–H and O–H groups in total. The molecule has 3 aliphatic rings. The second-order valence-electron chi connectivity index (χ2n) is 13.9. The average molecular weight is 619 g/mol. The number of allylic oxidation sites excluding steroid dienone is 4. The average Bonchev–Trinajstić information content (AvgIpc) is 3.61. The Morgan fingerprint density at radius 2 is 1.31 bits per heavy atom. The summed E-state index contributed by atoms with van der Waals surface area (Å²) in [6.45, 7) is 4.82. The molecule has 230 valence electrons. The summed E-state index contributed by atoms with van der Waals surface area (Å²) < 4.78 is 2.66.